The Morgan fingerprint density at radius 2 is 1.60 bits per heavy atom. The second-order valence-corrected chi connectivity index (χ2v) is 6.09. The van der Waals surface area contributed by atoms with Crippen molar-refractivity contribution in [3.63, 3.8) is 0 Å². The van der Waals surface area contributed by atoms with Gasteiger partial charge in [-0.25, -0.2) is 4.39 Å². The minimum Gasteiger partial charge on any atom is -0.489 e. The van der Waals surface area contributed by atoms with Gasteiger partial charge in [-0.1, -0.05) is 48.5 Å². The molecule has 0 aliphatic rings. The fraction of sp³-hybridized carbons (Fsp3) is 0.182. The van der Waals surface area contributed by atoms with Gasteiger partial charge in [0.05, 0.1) is 0 Å². The van der Waals surface area contributed by atoms with Crippen molar-refractivity contribution in [2.75, 3.05) is 0 Å². The molecule has 0 heterocycles. The molecule has 3 rings (SSSR count). The quantitative estimate of drug-likeness (QED) is 0.656. The van der Waals surface area contributed by atoms with Crippen LogP contribution in [-0.4, -0.2) is 0 Å². The second-order valence-electron chi connectivity index (χ2n) is 6.09. The molecule has 0 unspecified atom stereocenters. The topological polar surface area (TPSA) is 21.3 Å². The summed E-state index contributed by atoms with van der Waals surface area (Å²) in [6, 6.07) is 22.9. The molecule has 0 atom stereocenters. The van der Waals surface area contributed by atoms with Crippen LogP contribution in [0.1, 0.15) is 22.3 Å². The van der Waals surface area contributed by atoms with Gasteiger partial charge in [0.15, 0.2) is 0 Å². The first-order valence-electron chi connectivity index (χ1n) is 8.42. The average molecular weight is 335 g/mol. The van der Waals surface area contributed by atoms with Crippen LogP contribution in [0.15, 0.2) is 72.8 Å². The molecule has 25 heavy (non-hydrogen) atoms. The van der Waals surface area contributed by atoms with E-state index in [0.717, 1.165) is 23.4 Å². The van der Waals surface area contributed by atoms with Crippen molar-refractivity contribution in [3.05, 3.63) is 101 Å². The maximum Gasteiger partial charge on any atom is 0.123 e. The molecule has 3 aromatic carbocycles. The van der Waals surface area contributed by atoms with Crippen LogP contribution in [0.2, 0.25) is 0 Å². The highest BCUT2D eigenvalue weighted by Gasteiger charge is 2.01. The molecule has 0 amide bonds. The summed E-state index contributed by atoms with van der Waals surface area (Å²) in [6.45, 7) is 4.10. The van der Waals surface area contributed by atoms with Crippen LogP contribution in [0.3, 0.4) is 0 Å². The van der Waals surface area contributed by atoms with Gasteiger partial charge in [-0.2, -0.15) is 0 Å². The average Bonchev–Trinajstić information content (AvgIpc) is 2.63. The predicted molar refractivity (Wildman–Crippen MR) is 98.9 cm³/mol. The summed E-state index contributed by atoms with van der Waals surface area (Å²) in [5.41, 5.74) is 4.65. The van der Waals surface area contributed by atoms with E-state index >= 15 is 0 Å². The molecule has 0 saturated carbocycles. The molecule has 3 heteroatoms. The number of hydrogen-bond acceptors (Lipinski definition) is 2. The minimum atomic E-state index is -0.206. The molecule has 0 aliphatic carbocycles. The Kier molecular flexibility index (Phi) is 5.81. The number of benzene rings is 3. The first kappa shape index (κ1) is 17.2. The fourth-order valence-corrected chi connectivity index (χ4v) is 2.63. The molecule has 0 bridgehead atoms. The number of ether oxygens (including phenoxy) is 1. The van der Waals surface area contributed by atoms with Crippen molar-refractivity contribution in [1.29, 1.82) is 0 Å². The number of nitrogens with one attached hydrogen (secondary N) is 1. The number of aryl methyl sites for hydroxylation is 1. The standard InChI is InChI=1S/C22H22FNO/c1-17-5-2-3-7-20(17)16-25-22-8-4-6-19(13-22)15-24-14-18-9-11-21(23)12-10-18/h2-13,24H,14-16H2,1H3. The normalized spacial score (nSPS) is 10.6. The van der Waals surface area contributed by atoms with Crippen LogP contribution in [0.25, 0.3) is 0 Å². The largest absolute Gasteiger partial charge is 0.489 e. The van der Waals surface area contributed by atoms with Gasteiger partial charge in [0.1, 0.15) is 18.2 Å². The van der Waals surface area contributed by atoms with E-state index in [2.05, 4.69) is 36.5 Å². The van der Waals surface area contributed by atoms with Gasteiger partial charge >= 0.3 is 0 Å². The van der Waals surface area contributed by atoms with Gasteiger partial charge < -0.3 is 10.1 Å². The Balaban J connectivity index is 1.52. The molecule has 128 valence electrons. The first-order chi connectivity index (χ1) is 12.2. The molecule has 0 aliphatic heterocycles. The zero-order chi connectivity index (χ0) is 17.5. The highest BCUT2D eigenvalue weighted by atomic mass is 19.1. The Labute approximate surface area is 148 Å². The molecular weight excluding hydrogens is 313 g/mol. The van der Waals surface area contributed by atoms with E-state index in [0.29, 0.717) is 13.2 Å². The number of halogens is 1. The van der Waals surface area contributed by atoms with Gasteiger partial charge in [0.25, 0.3) is 0 Å². The fourth-order valence-electron chi connectivity index (χ4n) is 2.63. The molecule has 0 saturated heterocycles. The van der Waals surface area contributed by atoms with Crippen molar-refractivity contribution in [3.8, 4) is 5.75 Å². The van der Waals surface area contributed by atoms with Gasteiger partial charge in [0.2, 0.25) is 0 Å². The Morgan fingerprint density at radius 3 is 2.40 bits per heavy atom. The summed E-state index contributed by atoms with van der Waals surface area (Å²) in [7, 11) is 0. The molecular formula is C22H22FNO. The minimum absolute atomic E-state index is 0.206. The Bertz CT molecular complexity index is 814. The monoisotopic (exact) mass is 335 g/mol. The summed E-state index contributed by atoms with van der Waals surface area (Å²) in [5.74, 6) is 0.659. The SMILES string of the molecule is Cc1ccccc1COc1cccc(CNCc2ccc(F)cc2)c1. The van der Waals surface area contributed by atoms with E-state index in [1.165, 1.54) is 23.3 Å². The van der Waals surface area contributed by atoms with E-state index in [9.17, 15) is 4.39 Å². The lowest BCUT2D eigenvalue weighted by Crippen LogP contribution is -2.12. The zero-order valence-electron chi connectivity index (χ0n) is 14.3. The lowest BCUT2D eigenvalue weighted by molar-refractivity contribution is 0.305. The predicted octanol–water partition coefficient (Wildman–Crippen LogP) is 5.00. The third-order valence-corrected chi connectivity index (χ3v) is 4.13. The van der Waals surface area contributed by atoms with E-state index in [4.69, 9.17) is 4.74 Å². The molecule has 0 fully saturated rings. The van der Waals surface area contributed by atoms with Crippen LogP contribution >= 0.6 is 0 Å². The van der Waals surface area contributed by atoms with Crippen molar-refractivity contribution in [2.45, 2.75) is 26.6 Å². The van der Waals surface area contributed by atoms with Gasteiger partial charge in [0, 0.05) is 13.1 Å². The summed E-state index contributed by atoms with van der Waals surface area (Å²) in [4.78, 5) is 0. The van der Waals surface area contributed by atoms with Crippen LogP contribution in [-0.2, 0) is 19.7 Å². The smallest absolute Gasteiger partial charge is 0.123 e. The highest BCUT2D eigenvalue weighted by molar-refractivity contribution is 5.30. The third-order valence-electron chi connectivity index (χ3n) is 4.13. The Hall–Kier alpha value is -2.65. The van der Waals surface area contributed by atoms with E-state index in [1.54, 1.807) is 12.1 Å². The number of rotatable bonds is 7. The number of hydrogen-bond donors (Lipinski definition) is 1. The lowest BCUT2D eigenvalue weighted by atomic mass is 10.1. The van der Waals surface area contributed by atoms with Crippen molar-refractivity contribution >= 4 is 0 Å². The zero-order valence-corrected chi connectivity index (χ0v) is 14.3. The molecule has 0 radical (unpaired) electrons. The van der Waals surface area contributed by atoms with Crippen LogP contribution in [0, 0.1) is 12.7 Å². The third kappa shape index (κ3) is 5.16. The highest BCUT2D eigenvalue weighted by Crippen LogP contribution is 2.16. The molecule has 1 N–H and O–H groups in total. The summed E-state index contributed by atoms with van der Waals surface area (Å²) in [5, 5.41) is 3.37. The van der Waals surface area contributed by atoms with E-state index in [1.807, 2.05) is 24.3 Å². The molecule has 2 nitrogen and oxygen atoms in total. The summed E-state index contributed by atoms with van der Waals surface area (Å²) < 4.78 is 18.8. The van der Waals surface area contributed by atoms with Gasteiger partial charge in [-0.15, -0.1) is 0 Å². The van der Waals surface area contributed by atoms with Crippen LogP contribution in [0.4, 0.5) is 4.39 Å². The van der Waals surface area contributed by atoms with Crippen molar-refractivity contribution in [1.82, 2.24) is 5.32 Å². The van der Waals surface area contributed by atoms with Gasteiger partial charge in [-0.05, 0) is 53.4 Å². The van der Waals surface area contributed by atoms with Gasteiger partial charge in [-0.3, -0.25) is 0 Å². The van der Waals surface area contributed by atoms with Crippen molar-refractivity contribution < 1.29 is 9.13 Å². The van der Waals surface area contributed by atoms with Crippen molar-refractivity contribution in [2.24, 2.45) is 0 Å². The van der Waals surface area contributed by atoms with E-state index in [-0.39, 0.29) is 5.82 Å². The molecule has 0 spiro atoms. The maximum atomic E-state index is 12.9. The lowest BCUT2D eigenvalue weighted by Gasteiger charge is -2.10. The second kappa shape index (κ2) is 8.45. The van der Waals surface area contributed by atoms with Crippen LogP contribution in [0.5, 0.6) is 5.75 Å². The molecule has 0 aromatic heterocycles. The molecule has 3 aromatic rings. The summed E-state index contributed by atoms with van der Waals surface area (Å²) >= 11 is 0. The Morgan fingerprint density at radius 1 is 0.840 bits per heavy atom. The summed E-state index contributed by atoms with van der Waals surface area (Å²) in [6.07, 6.45) is 0. The first-order valence-corrected chi connectivity index (χ1v) is 8.42. The van der Waals surface area contributed by atoms with Crippen LogP contribution < -0.4 is 10.1 Å². The maximum absolute atomic E-state index is 12.9. The van der Waals surface area contributed by atoms with E-state index < -0.39 is 0 Å².